The molecule has 134 valence electrons. The van der Waals surface area contributed by atoms with Crippen LogP contribution in [0.3, 0.4) is 0 Å². The predicted octanol–water partition coefficient (Wildman–Crippen LogP) is 2.51. The zero-order chi connectivity index (χ0) is 18.9. The Morgan fingerprint density at radius 1 is 1.46 bits per heavy atom. The Labute approximate surface area is 156 Å². The van der Waals surface area contributed by atoms with Gasteiger partial charge in [0.05, 0.1) is 37.0 Å². The number of fused-ring (bicyclic) bond motifs is 1. The van der Waals surface area contributed by atoms with Crippen molar-refractivity contribution in [1.29, 1.82) is 5.26 Å². The summed E-state index contributed by atoms with van der Waals surface area (Å²) in [5, 5.41) is 12.7. The molecule has 0 aliphatic heterocycles. The fourth-order valence-corrected chi connectivity index (χ4v) is 3.77. The second kappa shape index (κ2) is 6.89. The van der Waals surface area contributed by atoms with Gasteiger partial charge in [-0.15, -0.1) is 0 Å². The fourth-order valence-electron chi connectivity index (χ4n) is 2.28. The van der Waals surface area contributed by atoms with Crippen molar-refractivity contribution in [3.63, 3.8) is 0 Å². The zero-order valence-corrected chi connectivity index (χ0v) is 15.7. The van der Waals surface area contributed by atoms with Crippen molar-refractivity contribution in [3.8, 4) is 11.9 Å². The third-order valence-electron chi connectivity index (χ3n) is 3.43. The van der Waals surface area contributed by atoms with E-state index in [0.29, 0.717) is 5.52 Å². The minimum Gasteiger partial charge on any atom is -0.479 e. The number of sulfonamides is 1. The van der Waals surface area contributed by atoms with Crippen molar-refractivity contribution < 1.29 is 17.5 Å². The number of halogens is 2. The number of nitrogens with one attached hydrogen (secondary N) is 1. The van der Waals surface area contributed by atoms with Crippen LogP contribution in [0.5, 0.6) is 5.88 Å². The second-order valence-corrected chi connectivity index (χ2v) is 7.67. The van der Waals surface area contributed by atoms with Gasteiger partial charge in [0.25, 0.3) is 10.0 Å². The van der Waals surface area contributed by atoms with E-state index in [4.69, 9.17) is 10.00 Å². The molecular weight excluding hydrogens is 429 g/mol. The van der Waals surface area contributed by atoms with E-state index in [1.54, 1.807) is 24.4 Å². The van der Waals surface area contributed by atoms with Gasteiger partial charge >= 0.3 is 0 Å². The van der Waals surface area contributed by atoms with Crippen molar-refractivity contribution in [1.82, 2.24) is 14.6 Å². The van der Waals surface area contributed by atoms with Crippen LogP contribution in [0.4, 0.5) is 10.1 Å². The summed E-state index contributed by atoms with van der Waals surface area (Å²) in [7, 11) is -2.82. The Hall–Kier alpha value is -2.71. The van der Waals surface area contributed by atoms with Gasteiger partial charge in [0, 0.05) is 16.7 Å². The van der Waals surface area contributed by atoms with Gasteiger partial charge in [-0.25, -0.2) is 22.3 Å². The summed E-state index contributed by atoms with van der Waals surface area (Å²) in [6.07, 6.45) is 2.52. The number of ether oxygens (including phenoxy) is 1. The summed E-state index contributed by atoms with van der Waals surface area (Å²) in [5.74, 6) is -0.951. The van der Waals surface area contributed by atoms with E-state index in [-0.39, 0.29) is 28.6 Å². The lowest BCUT2D eigenvalue weighted by atomic mass is 10.2. The number of anilines is 1. The maximum Gasteiger partial charge on any atom is 0.265 e. The summed E-state index contributed by atoms with van der Waals surface area (Å²) in [6, 6.07) is 5.96. The highest BCUT2D eigenvalue weighted by Crippen LogP contribution is 2.28. The molecule has 3 rings (SSSR count). The van der Waals surface area contributed by atoms with Gasteiger partial charge in [0.15, 0.2) is 0 Å². The van der Waals surface area contributed by atoms with E-state index >= 15 is 0 Å². The topological polar surface area (TPSA) is 109 Å². The van der Waals surface area contributed by atoms with Crippen LogP contribution >= 0.6 is 15.9 Å². The molecule has 0 amide bonds. The number of hydrogen-bond donors (Lipinski definition) is 1. The van der Waals surface area contributed by atoms with E-state index < -0.39 is 15.8 Å². The van der Waals surface area contributed by atoms with Crippen LogP contribution in [0.1, 0.15) is 5.69 Å². The van der Waals surface area contributed by atoms with Gasteiger partial charge in [-0.05, 0) is 28.1 Å². The normalized spacial score (nSPS) is 11.3. The number of nitriles is 1. The standard InChI is InChI=1S/C15H11BrFN5O3S/c1-25-15-12(6-10(17)11(20-15)4-5-18)21-26(23,24)14-7-19-22-8-9(16)2-3-13(14)22/h2-3,6-8,21H,4H2,1H3. The molecular formula is C15H11BrFN5O3S. The van der Waals surface area contributed by atoms with Crippen molar-refractivity contribution in [2.24, 2.45) is 0 Å². The molecule has 0 spiro atoms. The Morgan fingerprint density at radius 3 is 2.92 bits per heavy atom. The molecule has 26 heavy (non-hydrogen) atoms. The van der Waals surface area contributed by atoms with Gasteiger partial charge < -0.3 is 4.74 Å². The molecule has 0 aliphatic rings. The van der Waals surface area contributed by atoms with Crippen LogP contribution in [-0.2, 0) is 16.4 Å². The molecule has 1 N–H and O–H groups in total. The first-order valence-corrected chi connectivity index (χ1v) is 9.39. The molecule has 0 aromatic carbocycles. The lowest BCUT2D eigenvalue weighted by Crippen LogP contribution is -2.15. The van der Waals surface area contributed by atoms with Crippen molar-refractivity contribution >= 4 is 37.2 Å². The number of hydrogen-bond acceptors (Lipinski definition) is 6. The Kier molecular flexibility index (Phi) is 4.80. The molecule has 8 nitrogen and oxygen atoms in total. The lowest BCUT2D eigenvalue weighted by Gasteiger charge is -2.12. The molecule has 0 saturated carbocycles. The maximum atomic E-state index is 14.0. The van der Waals surface area contributed by atoms with E-state index in [1.807, 2.05) is 0 Å². The first-order valence-electron chi connectivity index (χ1n) is 7.12. The summed E-state index contributed by atoms with van der Waals surface area (Å²) >= 11 is 3.28. The molecule has 0 fully saturated rings. The monoisotopic (exact) mass is 439 g/mol. The molecule has 11 heteroatoms. The first kappa shape index (κ1) is 18.1. The van der Waals surface area contributed by atoms with Crippen LogP contribution < -0.4 is 9.46 Å². The van der Waals surface area contributed by atoms with E-state index in [1.165, 1.54) is 17.8 Å². The summed E-state index contributed by atoms with van der Waals surface area (Å²) in [4.78, 5) is 3.76. The Balaban J connectivity index is 2.04. The average molecular weight is 440 g/mol. The highest BCUT2D eigenvalue weighted by atomic mass is 79.9. The first-order chi connectivity index (χ1) is 12.4. The highest BCUT2D eigenvalue weighted by Gasteiger charge is 2.23. The third kappa shape index (κ3) is 3.33. The van der Waals surface area contributed by atoms with E-state index in [0.717, 1.165) is 10.5 Å². The quantitative estimate of drug-likeness (QED) is 0.653. The molecule has 3 aromatic heterocycles. The third-order valence-corrected chi connectivity index (χ3v) is 5.28. The zero-order valence-electron chi connectivity index (χ0n) is 13.3. The molecule has 0 atom stereocenters. The molecule has 3 aromatic rings. The smallest absolute Gasteiger partial charge is 0.265 e. The van der Waals surface area contributed by atoms with E-state index in [9.17, 15) is 12.8 Å². The minimum atomic E-state index is -4.08. The minimum absolute atomic E-state index is 0.0893. The SMILES string of the molecule is COc1nc(CC#N)c(F)cc1NS(=O)(=O)c1cnn2cc(Br)ccc12. The molecule has 0 radical (unpaired) electrons. The Bertz CT molecular complexity index is 1140. The van der Waals surface area contributed by atoms with Gasteiger partial charge in [0.1, 0.15) is 16.4 Å². The van der Waals surface area contributed by atoms with Gasteiger partial charge in [-0.1, -0.05) is 0 Å². The molecule has 0 saturated heterocycles. The lowest BCUT2D eigenvalue weighted by molar-refractivity contribution is 0.396. The largest absolute Gasteiger partial charge is 0.479 e. The summed E-state index contributed by atoms with van der Waals surface area (Å²) < 4.78 is 48.9. The number of methoxy groups -OCH3 is 1. The molecule has 0 bridgehead atoms. The van der Waals surface area contributed by atoms with Crippen molar-refractivity contribution in [3.05, 3.63) is 46.6 Å². The number of rotatable bonds is 5. The van der Waals surface area contributed by atoms with Crippen molar-refractivity contribution in [2.75, 3.05) is 11.8 Å². The highest BCUT2D eigenvalue weighted by molar-refractivity contribution is 9.10. The van der Waals surface area contributed by atoms with Crippen LogP contribution in [0.25, 0.3) is 5.52 Å². The van der Waals surface area contributed by atoms with Gasteiger partial charge in [0.2, 0.25) is 5.88 Å². The summed E-state index contributed by atoms with van der Waals surface area (Å²) in [5.41, 5.74) is 0.0329. The molecule has 0 unspecified atom stereocenters. The number of pyridine rings is 2. The second-order valence-electron chi connectivity index (χ2n) is 5.10. The predicted molar refractivity (Wildman–Crippen MR) is 93.8 cm³/mol. The van der Waals surface area contributed by atoms with Crippen LogP contribution in [0, 0.1) is 17.1 Å². The van der Waals surface area contributed by atoms with Gasteiger partial charge in [-0.2, -0.15) is 10.4 Å². The molecule has 3 heterocycles. The average Bonchev–Trinajstić information content (AvgIpc) is 3.01. The number of nitrogens with zero attached hydrogens (tertiary/aromatic N) is 4. The Morgan fingerprint density at radius 2 is 2.23 bits per heavy atom. The van der Waals surface area contributed by atoms with E-state index in [2.05, 4.69) is 30.7 Å². The molecule has 0 aliphatic carbocycles. The maximum absolute atomic E-state index is 14.0. The summed E-state index contributed by atoms with van der Waals surface area (Å²) in [6.45, 7) is 0. The van der Waals surface area contributed by atoms with Crippen LogP contribution in [-0.4, -0.2) is 30.1 Å². The number of aromatic nitrogens is 3. The van der Waals surface area contributed by atoms with Crippen LogP contribution in [0.15, 0.2) is 40.0 Å². The fraction of sp³-hybridized carbons (Fsp3) is 0.133. The van der Waals surface area contributed by atoms with Gasteiger partial charge in [-0.3, -0.25) is 4.72 Å². The van der Waals surface area contributed by atoms with Crippen molar-refractivity contribution in [2.45, 2.75) is 11.3 Å². The van der Waals surface area contributed by atoms with Crippen LogP contribution in [0.2, 0.25) is 0 Å².